The van der Waals surface area contributed by atoms with E-state index < -0.39 is 0 Å². The number of carbonyl (C=O) groups is 2. The van der Waals surface area contributed by atoms with Gasteiger partial charge in [-0.25, -0.2) is 0 Å². The molecular formula is C23H22N2O4. The zero-order chi connectivity index (χ0) is 20.8. The van der Waals surface area contributed by atoms with Gasteiger partial charge in [0.05, 0.1) is 19.8 Å². The molecular weight excluding hydrogens is 368 g/mol. The molecule has 0 radical (unpaired) electrons. The molecule has 0 saturated heterocycles. The summed E-state index contributed by atoms with van der Waals surface area (Å²) in [6, 6.07) is 19.3. The van der Waals surface area contributed by atoms with Crippen molar-refractivity contribution < 1.29 is 19.1 Å². The number of methoxy groups -OCH3 is 2. The number of aryl methyl sites for hydroxylation is 1. The number of ether oxygens (including phenoxy) is 2. The highest BCUT2D eigenvalue weighted by Crippen LogP contribution is 2.26. The second-order valence-corrected chi connectivity index (χ2v) is 6.37. The molecule has 0 bridgehead atoms. The van der Waals surface area contributed by atoms with Crippen LogP contribution in [0.3, 0.4) is 0 Å². The Balaban J connectivity index is 1.81. The van der Waals surface area contributed by atoms with E-state index in [0.717, 1.165) is 5.56 Å². The van der Waals surface area contributed by atoms with E-state index in [9.17, 15) is 9.59 Å². The third-order valence-corrected chi connectivity index (χ3v) is 4.43. The number of carbonyl (C=O) groups excluding carboxylic acids is 2. The Labute approximate surface area is 169 Å². The van der Waals surface area contributed by atoms with Gasteiger partial charge in [-0.15, -0.1) is 0 Å². The Bertz CT molecular complexity index is 1030. The van der Waals surface area contributed by atoms with Gasteiger partial charge in [0, 0.05) is 23.0 Å². The zero-order valence-electron chi connectivity index (χ0n) is 16.5. The summed E-state index contributed by atoms with van der Waals surface area (Å²) in [6.45, 7) is 1.86. The lowest BCUT2D eigenvalue weighted by molar-refractivity contribution is 0.101. The van der Waals surface area contributed by atoms with Crippen molar-refractivity contribution in [3.63, 3.8) is 0 Å². The Morgan fingerprint density at radius 1 is 0.793 bits per heavy atom. The van der Waals surface area contributed by atoms with Crippen LogP contribution in [0.5, 0.6) is 11.5 Å². The van der Waals surface area contributed by atoms with Crippen LogP contribution in [0.4, 0.5) is 11.4 Å². The standard InChI is InChI=1S/C23H22N2O4/c1-15-9-10-16(22(26)24-17-7-5-4-6-8-17)13-20(15)25-23(27)19-12-11-18(28-2)14-21(19)29-3/h4-14H,1-3H3,(H,24,26)(H,25,27). The summed E-state index contributed by atoms with van der Waals surface area (Å²) in [7, 11) is 3.04. The first-order chi connectivity index (χ1) is 14.0. The van der Waals surface area contributed by atoms with Crippen LogP contribution < -0.4 is 20.1 Å². The van der Waals surface area contributed by atoms with Crippen LogP contribution >= 0.6 is 0 Å². The van der Waals surface area contributed by atoms with Gasteiger partial charge in [0.2, 0.25) is 0 Å². The summed E-state index contributed by atoms with van der Waals surface area (Å²) >= 11 is 0. The lowest BCUT2D eigenvalue weighted by atomic mass is 10.1. The maximum absolute atomic E-state index is 12.8. The molecule has 2 N–H and O–H groups in total. The highest BCUT2D eigenvalue weighted by molar-refractivity contribution is 6.08. The average Bonchev–Trinajstić information content (AvgIpc) is 2.75. The third kappa shape index (κ3) is 4.73. The summed E-state index contributed by atoms with van der Waals surface area (Å²) < 4.78 is 10.5. The Morgan fingerprint density at radius 3 is 2.24 bits per heavy atom. The number of amides is 2. The number of nitrogens with one attached hydrogen (secondary N) is 2. The number of hydrogen-bond acceptors (Lipinski definition) is 4. The quantitative estimate of drug-likeness (QED) is 0.649. The maximum atomic E-state index is 12.8. The smallest absolute Gasteiger partial charge is 0.259 e. The monoisotopic (exact) mass is 390 g/mol. The summed E-state index contributed by atoms with van der Waals surface area (Å²) in [6.07, 6.45) is 0. The Kier molecular flexibility index (Phi) is 6.14. The minimum Gasteiger partial charge on any atom is -0.497 e. The van der Waals surface area contributed by atoms with Crippen LogP contribution in [0.2, 0.25) is 0 Å². The molecule has 0 aliphatic rings. The minimum absolute atomic E-state index is 0.256. The average molecular weight is 390 g/mol. The first-order valence-corrected chi connectivity index (χ1v) is 9.02. The highest BCUT2D eigenvalue weighted by atomic mass is 16.5. The first kappa shape index (κ1) is 19.9. The van der Waals surface area contributed by atoms with E-state index in [-0.39, 0.29) is 11.8 Å². The van der Waals surface area contributed by atoms with Crippen LogP contribution in [0.1, 0.15) is 26.3 Å². The summed E-state index contributed by atoms with van der Waals surface area (Å²) in [5.41, 5.74) is 2.89. The molecule has 0 aliphatic heterocycles. The molecule has 0 aromatic heterocycles. The van der Waals surface area contributed by atoms with Crippen LogP contribution in [0, 0.1) is 6.92 Å². The van der Waals surface area contributed by atoms with Crippen molar-refractivity contribution in [3.05, 3.63) is 83.4 Å². The Morgan fingerprint density at radius 2 is 1.55 bits per heavy atom. The molecule has 2 amide bonds. The second-order valence-electron chi connectivity index (χ2n) is 6.37. The van der Waals surface area contributed by atoms with Crippen LogP contribution in [0.15, 0.2) is 66.7 Å². The van der Waals surface area contributed by atoms with Crippen molar-refractivity contribution in [2.45, 2.75) is 6.92 Å². The van der Waals surface area contributed by atoms with Gasteiger partial charge < -0.3 is 20.1 Å². The van der Waals surface area contributed by atoms with Crippen LogP contribution in [0.25, 0.3) is 0 Å². The molecule has 0 heterocycles. The lowest BCUT2D eigenvalue weighted by Crippen LogP contribution is -2.16. The molecule has 0 atom stereocenters. The van der Waals surface area contributed by atoms with Gasteiger partial charge in [-0.1, -0.05) is 24.3 Å². The van der Waals surface area contributed by atoms with Crippen molar-refractivity contribution in [1.82, 2.24) is 0 Å². The summed E-state index contributed by atoms with van der Waals surface area (Å²) in [5.74, 6) is 0.397. The molecule has 3 rings (SSSR count). The molecule has 0 saturated carbocycles. The number of benzene rings is 3. The zero-order valence-corrected chi connectivity index (χ0v) is 16.5. The van der Waals surface area contributed by atoms with Gasteiger partial charge >= 0.3 is 0 Å². The van der Waals surface area contributed by atoms with E-state index >= 15 is 0 Å². The molecule has 0 unspecified atom stereocenters. The number of rotatable bonds is 6. The first-order valence-electron chi connectivity index (χ1n) is 9.02. The van der Waals surface area contributed by atoms with Crippen molar-refractivity contribution in [2.75, 3.05) is 24.9 Å². The topological polar surface area (TPSA) is 76.7 Å². The molecule has 0 spiro atoms. The van der Waals surface area contributed by atoms with E-state index in [2.05, 4.69) is 10.6 Å². The summed E-state index contributed by atoms with van der Waals surface area (Å²) in [4.78, 5) is 25.3. The van der Waals surface area contributed by atoms with Crippen molar-refractivity contribution >= 4 is 23.2 Å². The second kappa shape index (κ2) is 8.93. The van der Waals surface area contributed by atoms with Crippen molar-refractivity contribution in [1.29, 1.82) is 0 Å². The maximum Gasteiger partial charge on any atom is 0.259 e. The SMILES string of the molecule is COc1ccc(C(=O)Nc2cc(C(=O)Nc3ccccc3)ccc2C)c(OC)c1. The van der Waals surface area contributed by atoms with E-state index in [1.165, 1.54) is 7.11 Å². The Hall–Kier alpha value is -3.80. The number of hydrogen-bond donors (Lipinski definition) is 2. The van der Waals surface area contributed by atoms with Gasteiger partial charge in [0.1, 0.15) is 11.5 Å². The minimum atomic E-state index is -0.340. The molecule has 6 heteroatoms. The molecule has 148 valence electrons. The van der Waals surface area contributed by atoms with Crippen LogP contribution in [-0.4, -0.2) is 26.0 Å². The normalized spacial score (nSPS) is 10.2. The fourth-order valence-corrected chi connectivity index (χ4v) is 2.80. The van der Waals surface area contributed by atoms with Gasteiger partial charge in [0.15, 0.2) is 0 Å². The molecule has 3 aromatic rings. The van der Waals surface area contributed by atoms with E-state index in [1.54, 1.807) is 43.5 Å². The lowest BCUT2D eigenvalue weighted by Gasteiger charge is -2.13. The van der Waals surface area contributed by atoms with E-state index in [0.29, 0.717) is 34.0 Å². The van der Waals surface area contributed by atoms with Crippen LogP contribution in [-0.2, 0) is 0 Å². The number of para-hydroxylation sites is 1. The van der Waals surface area contributed by atoms with Gasteiger partial charge in [0.25, 0.3) is 11.8 Å². The molecule has 0 aliphatic carbocycles. The summed E-state index contributed by atoms with van der Waals surface area (Å²) in [5, 5.41) is 5.69. The highest BCUT2D eigenvalue weighted by Gasteiger charge is 2.16. The third-order valence-electron chi connectivity index (χ3n) is 4.43. The van der Waals surface area contributed by atoms with Gasteiger partial charge in [-0.05, 0) is 48.9 Å². The molecule has 6 nitrogen and oxygen atoms in total. The largest absolute Gasteiger partial charge is 0.497 e. The predicted octanol–water partition coefficient (Wildman–Crippen LogP) is 4.52. The van der Waals surface area contributed by atoms with Crippen molar-refractivity contribution in [3.8, 4) is 11.5 Å². The number of anilines is 2. The van der Waals surface area contributed by atoms with Gasteiger partial charge in [-0.3, -0.25) is 9.59 Å². The fraction of sp³-hybridized carbons (Fsp3) is 0.130. The van der Waals surface area contributed by atoms with E-state index in [1.807, 2.05) is 37.3 Å². The molecule has 29 heavy (non-hydrogen) atoms. The fourth-order valence-electron chi connectivity index (χ4n) is 2.80. The van der Waals surface area contributed by atoms with E-state index in [4.69, 9.17) is 9.47 Å². The molecule has 0 fully saturated rings. The van der Waals surface area contributed by atoms with Gasteiger partial charge in [-0.2, -0.15) is 0 Å². The van der Waals surface area contributed by atoms with Crippen molar-refractivity contribution in [2.24, 2.45) is 0 Å². The molecule has 3 aromatic carbocycles. The predicted molar refractivity (Wildman–Crippen MR) is 113 cm³/mol.